The molecule has 1 fully saturated rings. The second-order valence-corrected chi connectivity index (χ2v) is 6.77. The van der Waals surface area contributed by atoms with E-state index < -0.39 is 5.60 Å². The molecule has 1 heterocycles. The molecule has 0 saturated carbocycles. The molecule has 1 rings (SSSR count). The van der Waals surface area contributed by atoms with E-state index in [1.165, 1.54) is 64.2 Å². The molecule has 0 aromatic heterocycles. The van der Waals surface area contributed by atoms with Crippen LogP contribution in [0.25, 0.3) is 0 Å². The van der Waals surface area contributed by atoms with Gasteiger partial charge in [0.15, 0.2) is 5.60 Å². The monoisotopic (exact) mass is 312 g/mol. The van der Waals surface area contributed by atoms with E-state index in [-0.39, 0.29) is 11.9 Å². The summed E-state index contributed by atoms with van der Waals surface area (Å²) in [5.74, 6) is 0.121. The molecule has 0 aromatic rings. The predicted molar refractivity (Wildman–Crippen MR) is 90.9 cm³/mol. The molecule has 0 spiro atoms. The standard InChI is InChI=1S/C19H36O3/c1-4-6-7-8-9-10-11-12-13-14-15-17(3)19(16-22-19)18(20)21-5-2/h17H,4-16H2,1-3H3. The van der Waals surface area contributed by atoms with E-state index in [1.807, 2.05) is 6.92 Å². The van der Waals surface area contributed by atoms with E-state index >= 15 is 0 Å². The van der Waals surface area contributed by atoms with Gasteiger partial charge in [0.25, 0.3) is 0 Å². The molecule has 2 atom stereocenters. The van der Waals surface area contributed by atoms with Gasteiger partial charge in [0.2, 0.25) is 0 Å². The Labute approximate surface area is 137 Å². The zero-order chi connectivity index (χ0) is 16.3. The van der Waals surface area contributed by atoms with Gasteiger partial charge >= 0.3 is 5.97 Å². The van der Waals surface area contributed by atoms with Crippen LogP contribution in [-0.4, -0.2) is 24.8 Å². The van der Waals surface area contributed by atoms with E-state index in [0.29, 0.717) is 13.2 Å². The van der Waals surface area contributed by atoms with Gasteiger partial charge < -0.3 is 9.47 Å². The molecule has 2 unspecified atom stereocenters. The van der Waals surface area contributed by atoms with Crippen molar-refractivity contribution in [3.05, 3.63) is 0 Å². The SMILES string of the molecule is CCCCCCCCCCCCC(C)C1(C(=O)OCC)CO1. The first kappa shape index (κ1) is 19.5. The summed E-state index contributed by atoms with van der Waals surface area (Å²) in [7, 11) is 0. The third-order valence-corrected chi connectivity index (χ3v) is 4.86. The fraction of sp³-hybridized carbons (Fsp3) is 0.947. The van der Waals surface area contributed by atoms with Gasteiger partial charge in [0, 0.05) is 0 Å². The summed E-state index contributed by atoms with van der Waals surface area (Å²) in [5.41, 5.74) is -0.602. The van der Waals surface area contributed by atoms with Gasteiger partial charge in [-0.2, -0.15) is 0 Å². The van der Waals surface area contributed by atoms with E-state index in [2.05, 4.69) is 13.8 Å². The minimum absolute atomic E-state index is 0.158. The van der Waals surface area contributed by atoms with Crippen LogP contribution in [0.4, 0.5) is 0 Å². The van der Waals surface area contributed by atoms with Gasteiger partial charge in [-0.1, -0.05) is 78.1 Å². The van der Waals surface area contributed by atoms with Crippen molar-refractivity contribution < 1.29 is 14.3 Å². The summed E-state index contributed by atoms with van der Waals surface area (Å²) >= 11 is 0. The molecule has 0 amide bonds. The Hall–Kier alpha value is -0.570. The minimum atomic E-state index is -0.602. The van der Waals surface area contributed by atoms with Crippen LogP contribution < -0.4 is 0 Å². The third-order valence-electron chi connectivity index (χ3n) is 4.86. The van der Waals surface area contributed by atoms with Crippen molar-refractivity contribution in [2.45, 2.75) is 97.0 Å². The normalized spacial score (nSPS) is 21.6. The Kier molecular flexibility index (Phi) is 9.77. The van der Waals surface area contributed by atoms with Crippen LogP contribution in [0.15, 0.2) is 0 Å². The smallest absolute Gasteiger partial charge is 0.341 e. The van der Waals surface area contributed by atoms with Crippen LogP contribution in [-0.2, 0) is 14.3 Å². The fourth-order valence-corrected chi connectivity index (χ4v) is 3.11. The van der Waals surface area contributed by atoms with Crippen LogP contribution in [0.2, 0.25) is 0 Å². The molecule has 0 aliphatic carbocycles. The number of carbonyl (C=O) groups is 1. The van der Waals surface area contributed by atoms with Crippen molar-refractivity contribution in [1.29, 1.82) is 0 Å². The second-order valence-electron chi connectivity index (χ2n) is 6.77. The Morgan fingerprint density at radius 1 is 1.00 bits per heavy atom. The van der Waals surface area contributed by atoms with Crippen LogP contribution in [0.3, 0.4) is 0 Å². The molecule has 0 radical (unpaired) electrons. The quantitative estimate of drug-likeness (QED) is 0.249. The molecular weight excluding hydrogens is 276 g/mol. The van der Waals surface area contributed by atoms with E-state index in [0.717, 1.165) is 6.42 Å². The number of esters is 1. The number of ether oxygens (including phenoxy) is 2. The van der Waals surface area contributed by atoms with E-state index in [4.69, 9.17) is 9.47 Å². The first-order chi connectivity index (χ1) is 10.7. The lowest BCUT2D eigenvalue weighted by Gasteiger charge is -2.18. The Morgan fingerprint density at radius 3 is 1.95 bits per heavy atom. The van der Waals surface area contributed by atoms with Crippen molar-refractivity contribution in [2.75, 3.05) is 13.2 Å². The Balaban J connectivity index is 1.97. The minimum Gasteiger partial charge on any atom is -0.464 e. The lowest BCUT2D eigenvalue weighted by molar-refractivity contribution is -0.151. The molecule has 3 nitrogen and oxygen atoms in total. The highest BCUT2D eigenvalue weighted by molar-refractivity contribution is 5.82. The van der Waals surface area contributed by atoms with E-state index in [1.54, 1.807) is 0 Å². The molecule has 0 bridgehead atoms. The average Bonchev–Trinajstić information content (AvgIpc) is 3.31. The summed E-state index contributed by atoms with van der Waals surface area (Å²) in [5, 5.41) is 0. The van der Waals surface area contributed by atoms with Crippen molar-refractivity contribution in [2.24, 2.45) is 5.92 Å². The summed E-state index contributed by atoms with van der Waals surface area (Å²) in [6, 6.07) is 0. The summed E-state index contributed by atoms with van der Waals surface area (Å²) in [6.07, 6.45) is 14.5. The summed E-state index contributed by atoms with van der Waals surface area (Å²) < 4.78 is 10.6. The topological polar surface area (TPSA) is 38.8 Å². The molecule has 1 saturated heterocycles. The van der Waals surface area contributed by atoms with Crippen molar-refractivity contribution in [3.63, 3.8) is 0 Å². The highest BCUT2D eigenvalue weighted by atomic mass is 16.6. The predicted octanol–water partition coefficient (Wildman–Crippen LogP) is 5.27. The van der Waals surface area contributed by atoms with Crippen LogP contribution in [0, 0.1) is 5.92 Å². The van der Waals surface area contributed by atoms with Crippen LogP contribution >= 0.6 is 0 Å². The highest BCUT2D eigenvalue weighted by Gasteiger charge is 2.57. The van der Waals surface area contributed by atoms with Crippen molar-refractivity contribution in [1.82, 2.24) is 0 Å². The summed E-state index contributed by atoms with van der Waals surface area (Å²) in [4.78, 5) is 11.9. The van der Waals surface area contributed by atoms with Gasteiger partial charge in [-0.15, -0.1) is 0 Å². The number of rotatable bonds is 14. The first-order valence-corrected chi connectivity index (χ1v) is 9.48. The second kappa shape index (κ2) is 11.0. The number of carbonyl (C=O) groups excluding carboxylic acids is 1. The molecule has 22 heavy (non-hydrogen) atoms. The van der Waals surface area contributed by atoms with Crippen LogP contribution in [0.1, 0.15) is 91.4 Å². The molecule has 1 aliphatic heterocycles. The molecule has 0 N–H and O–H groups in total. The van der Waals surface area contributed by atoms with Gasteiger partial charge in [-0.05, 0) is 19.3 Å². The lowest BCUT2D eigenvalue weighted by atomic mass is 9.89. The lowest BCUT2D eigenvalue weighted by Crippen LogP contribution is -2.34. The zero-order valence-corrected chi connectivity index (χ0v) is 15.0. The van der Waals surface area contributed by atoms with Gasteiger partial charge in [-0.25, -0.2) is 4.79 Å². The van der Waals surface area contributed by atoms with Crippen molar-refractivity contribution >= 4 is 5.97 Å². The largest absolute Gasteiger partial charge is 0.464 e. The molecule has 3 heteroatoms. The van der Waals surface area contributed by atoms with E-state index in [9.17, 15) is 4.79 Å². The molecular formula is C19H36O3. The maximum absolute atomic E-state index is 11.9. The number of epoxide rings is 1. The van der Waals surface area contributed by atoms with Gasteiger partial charge in [-0.3, -0.25) is 0 Å². The molecule has 1 aliphatic rings. The van der Waals surface area contributed by atoms with Crippen molar-refractivity contribution in [3.8, 4) is 0 Å². The zero-order valence-electron chi connectivity index (χ0n) is 15.0. The molecule has 130 valence electrons. The maximum Gasteiger partial charge on any atom is 0.341 e. The average molecular weight is 312 g/mol. The Bertz CT molecular complexity index is 297. The third kappa shape index (κ3) is 6.68. The molecule has 0 aromatic carbocycles. The number of unbranched alkanes of at least 4 members (excludes halogenated alkanes) is 9. The van der Waals surface area contributed by atoms with Gasteiger partial charge in [0.05, 0.1) is 13.2 Å². The number of hydrogen-bond donors (Lipinski definition) is 0. The Morgan fingerprint density at radius 2 is 1.50 bits per heavy atom. The highest BCUT2D eigenvalue weighted by Crippen LogP contribution is 2.39. The van der Waals surface area contributed by atoms with Crippen LogP contribution in [0.5, 0.6) is 0 Å². The summed E-state index contributed by atoms with van der Waals surface area (Å²) in [6.45, 7) is 7.22. The number of hydrogen-bond acceptors (Lipinski definition) is 3. The fourth-order valence-electron chi connectivity index (χ4n) is 3.11. The first-order valence-electron chi connectivity index (χ1n) is 9.48. The maximum atomic E-state index is 11.9. The van der Waals surface area contributed by atoms with Gasteiger partial charge in [0.1, 0.15) is 0 Å².